The van der Waals surface area contributed by atoms with Crippen LogP contribution in [-0.2, 0) is 16.2 Å². The molecule has 1 aromatic heterocycles. The topological polar surface area (TPSA) is 78.0 Å². The van der Waals surface area contributed by atoms with Gasteiger partial charge in [0.05, 0.1) is 4.90 Å². The van der Waals surface area contributed by atoms with Crippen LogP contribution < -0.4 is 5.14 Å². The molecule has 0 amide bonds. The number of aromatic nitrogens is 2. The average Bonchev–Trinajstić information content (AvgIpc) is 3.02. The first kappa shape index (κ1) is 19.7. The van der Waals surface area contributed by atoms with Crippen molar-refractivity contribution in [3.05, 3.63) is 60.3 Å². The summed E-state index contributed by atoms with van der Waals surface area (Å²) < 4.78 is 65.0. The van der Waals surface area contributed by atoms with E-state index in [1.165, 1.54) is 43.3 Å². The largest absolute Gasteiger partial charge is 0.434 e. The predicted octanol–water partition coefficient (Wildman–Crippen LogP) is 3.71. The molecular formula is C19H14F3N3O2S. The molecule has 0 aliphatic heterocycles. The van der Waals surface area contributed by atoms with Crippen molar-refractivity contribution in [2.45, 2.75) is 18.0 Å². The smallest absolute Gasteiger partial charge is 0.225 e. The van der Waals surface area contributed by atoms with Crippen LogP contribution in [0, 0.1) is 12.0 Å². The Hall–Kier alpha value is -3.09. The second kappa shape index (κ2) is 7.14. The lowest BCUT2D eigenvalue weighted by atomic mass is 9.98. The molecule has 3 aromatic rings. The Morgan fingerprint density at radius 3 is 2.11 bits per heavy atom. The monoisotopic (exact) mass is 405 g/mol. The molecule has 2 aromatic carbocycles. The van der Waals surface area contributed by atoms with Crippen LogP contribution >= 0.6 is 0 Å². The predicted molar refractivity (Wildman–Crippen MR) is 98.3 cm³/mol. The van der Waals surface area contributed by atoms with Crippen LogP contribution in [-0.4, -0.2) is 18.2 Å². The lowest BCUT2D eigenvalue weighted by Gasteiger charge is -2.10. The third kappa shape index (κ3) is 3.78. The van der Waals surface area contributed by atoms with Gasteiger partial charge in [-0.15, -0.1) is 0 Å². The van der Waals surface area contributed by atoms with Gasteiger partial charge in [0.1, 0.15) is 5.69 Å². The molecular weight excluding hydrogens is 391 g/mol. The van der Waals surface area contributed by atoms with E-state index in [9.17, 15) is 21.6 Å². The SMILES string of the molecule is CC#Cn1nc(-c2ccc(S(N)(=O)=O)cc2)c(-c2ccccc2)c1C(F)(F)F. The minimum atomic E-state index is -4.71. The normalized spacial score (nSPS) is 11.8. The number of hydrogen-bond acceptors (Lipinski definition) is 3. The van der Waals surface area contributed by atoms with E-state index < -0.39 is 21.9 Å². The number of rotatable bonds is 3. The van der Waals surface area contributed by atoms with Crippen molar-refractivity contribution in [3.8, 4) is 34.3 Å². The van der Waals surface area contributed by atoms with Gasteiger partial charge in [0.25, 0.3) is 0 Å². The van der Waals surface area contributed by atoms with E-state index in [2.05, 4.69) is 17.1 Å². The minimum absolute atomic E-state index is 0.0299. The van der Waals surface area contributed by atoms with Gasteiger partial charge in [0.2, 0.25) is 10.0 Å². The van der Waals surface area contributed by atoms with E-state index in [-0.39, 0.29) is 16.2 Å². The van der Waals surface area contributed by atoms with E-state index in [4.69, 9.17) is 5.14 Å². The molecule has 0 atom stereocenters. The zero-order valence-corrected chi connectivity index (χ0v) is 15.3. The molecule has 0 fully saturated rings. The molecule has 0 aliphatic rings. The number of nitrogens with two attached hydrogens (primary N) is 1. The van der Waals surface area contributed by atoms with Crippen molar-refractivity contribution in [1.82, 2.24) is 9.78 Å². The molecule has 2 N–H and O–H groups in total. The lowest BCUT2D eigenvalue weighted by Crippen LogP contribution is -2.13. The van der Waals surface area contributed by atoms with Gasteiger partial charge in [0.15, 0.2) is 5.69 Å². The van der Waals surface area contributed by atoms with Crippen molar-refractivity contribution in [1.29, 1.82) is 0 Å². The fourth-order valence-electron chi connectivity index (χ4n) is 2.75. The number of sulfonamides is 1. The van der Waals surface area contributed by atoms with Gasteiger partial charge in [0, 0.05) is 17.2 Å². The Morgan fingerprint density at radius 1 is 1.00 bits per heavy atom. The summed E-state index contributed by atoms with van der Waals surface area (Å²) in [5.41, 5.74) is -0.502. The van der Waals surface area contributed by atoms with Crippen molar-refractivity contribution in [2.24, 2.45) is 5.14 Å². The van der Waals surface area contributed by atoms with Crippen molar-refractivity contribution >= 4 is 10.0 Å². The molecule has 0 spiro atoms. The van der Waals surface area contributed by atoms with Gasteiger partial charge in [-0.2, -0.15) is 23.0 Å². The number of primary sulfonamides is 1. The molecule has 144 valence electrons. The second-order valence-electron chi connectivity index (χ2n) is 5.78. The maximum atomic E-state index is 13.8. The van der Waals surface area contributed by atoms with Crippen LogP contribution in [0.3, 0.4) is 0 Å². The van der Waals surface area contributed by atoms with Crippen molar-refractivity contribution in [3.63, 3.8) is 0 Å². The fourth-order valence-corrected chi connectivity index (χ4v) is 3.26. The van der Waals surface area contributed by atoms with Crippen molar-refractivity contribution in [2.75, 3.05) is 0 Å². The molecule has 0 aliphatic carbocycles. The maximum Gasteiger partial charge on any atom is 0.434 e. The van der Waals surface area contributed by atoms with Gasteiger partial charge >= 0.3 is 6.18 Å². The Bertz CT molecular complexity index is 1170. The van der Waals surface area contributed by atoms with Crippen LogP contribution in [0.25, 0.3) is 22.4 Å². The van der Waals surface area contributed by atoms with Gasteiger partial charge < -0.3 is 0 Å². The quantitative estimate of drug-likeness (QED) is 0.675. The highest BCUT2D eigenvalue weighted by Crippen LogP contribution is 2.42. The number of halogens is 3. The van der Waals surface area contributed by atoms with E-state index >= 15 is 0 Å². The van der Waals surface area contributed by atoms with Gasteiger partial charge in [-0.05, 0) is 24.6 Å². The Balaban J connectivity index is 2.33. The fraction of sp³-hybridized carbons (Fsp3) is 0.105. The summed E-state index contributed by atoms with van der Waals surface area (Å²) in [6, 6.07) is 15.5. The summed E-state index contributed by atoms with van der Waals surface area (Å²) in [5.74, 6) is 2.42. The highest BCUT2D eigenvalue weighted by molar-refractivity contribution is 7.89. The number of benzene rings is 2. The third-order valence-corrected chi connectivity index (χ3v) is 4.82. The third-order valence-electron chi connectivity index (χ3n) is 3.89. The Kier molecular flexibility index (Phi) is 5.02. The average molecular weight is 405 g/mol. The molecule has 1 heterocycles. The number of hydrogen-bond donors (Lipinski definition) is 1. The van der Waals surface area contributed by atoms with Crippen LogP contribution in [0.5, 0.6) is 0 Å². The summed E-state index contributed by atoms with van der Waals surface area (Å²) in [4.78, 5) is -0.152. The van der Waals surface area contributed by atoms with E-state index in [1.807, 2.05) is 0 Å². The first-order valence-electron chi connectivity index (χ1n) is 7.94. The number of nitrogens with zero attached hydrogens (tertiary/aromatic N) is 2. The summed E-state index contributed by atoms with van der Waals surface area (Å²) in [5, 5.41) is 9.12. The number of alkyl halides is 3. The van der Waals surface area contributed by atoms with Crippen LogP contribution in [0.4, 0.5) is 13.2 Å². The molecule has 0 saturated carbocycles. The zero-order chi connectivity index (χ0) is 20.5. The maximum absolute atomic E-state index is 13.8. The van der Waals surface area contributed by atoms with E-state index in [1.54, 1.807) is 18.2 Å². The molecule has 28 heavy (non-hydrogen) atoms. The molecule has 5 nitrogen and oxygen atoms in total. The molecule has 9 heteroatoms. The van der Waals surface area contributed by atoms with Gasteiger partial charge in [-0.1, -0.05) is 48.4 Å². The molecule has 0 radical (unpaired) electrons. The Morgan fingerprint density at radius 2 is 1.61 bits per heavy atom. The zero-order valence-electron chi connectivity index (χ0n) is 14.5. The van der Waals surface area contributed by atoms with Gasteiger partial charge in [-0.25, -0.2) is 13.6 Å². The van der Waals surface area contributed by atoms with E-state index in [0.29, 0.717) is 15.8 Å². The van der Waals surface area contributed by atoms with Crippen LogP contribution in [0.2, 0.25) is 0 Å². The second-order valence-corrected chi connectivity index (χ2v) is 7.34. The van der Waals surface area contributed by atoms with Crippen molar-refractivity contribution < 1.29 is 21.6 Å². The molecule has 0 unspecified atom stereocenters. The standard InChI is InChI=1S/C19H14F3N3O2S/c1-2-12-25-18(19(20,21)22)16(13-6-4-3-5-7-13)17(24-25)14-8-10-15(11-9-14)28(23,26)27/h3-11H,1H3,(H2,23,26,27). The summed E-state index contributed by atoms with van der Waals surface area (Å²) >= 11 is 0. The highest BCUT2D eigenvalue weighted by Gasteiger charge is 2.40. The lowest BCUT2D eigenvalue weighted by molar-refractivity contribution is -0.142. The Labute approximate surface area is 159 Å². The summed E-state index contributed by atoms with van der Waals surface area (Å²) in [7, 11) is -3.93. The van der Waals surface area contributed by atoms with E-state index in [0.717, 1.165) is 0 Å². The van der Waals surface area contributed by atoms with Gasteiger partial charge in [-0.3, -0.25) is 0 Å². The molecule has 3 rings (SSSR count). The summed E-state index contributed by atoms with van der Waals surface area (Å²) in [6.07, 6.45) is -4.71. The summed E-state index contributed by atoms with van der Waals surface area (Å²) in [6.45, 7) is 1.41. The first-order valence-corrected chi connectivity index (χ1v) is 9.49. The minimum Gasteiger partial charge on any atom is -0.225 e. The highest BCUT2D eigenvalue weighted by atomic mass is 32.2. The molecule has 0 saturated heterocycles. The first-order chi connectivity index (χ1) is 13.1. The van der Waals surface area contributed by atoms with Crippen LogP contribution in [0.1, 0.15) is 12.6 Å². The van der Waals surface area contributed by atoms with Crippen LogP contribution in [0.15, 0.2) is 59.5 Å². The molecule has 0 bridgehead atoms.